The molecule has 96 valence electrons. The normalized spacial score (nSPS) is 15.6. The van der Waals surface area contributed by atoms with Crippen molar-refractivity contribution < 1.29 is 13.2 Å². The molecule has 0 fully saturated rings. The highest BCUT2D eigenvalue weighted by Crippen LogP contribution is 2.29. The monoisotopic (exact) mass is 245 g/mol. The lowest BCUT2D eigenvalue weighted by Gasteiger charge is -2.24. The summed E-state index contributed by atoms with van der Waals surface area (Å²) in [6, 6.07) is 5.22. The zero-order chi connectivity index (χ0) is 13.1. The summed E-state index contributed by atoms with van der Waals surface area (Å²) in [5.41, 5.74) is 5.94. The topological polar surface area (TPSA) is 26.0 Å². The summed E-state index contributed by atoms with van der Waals surface area (Å²) in [7, 11) is 0. The first-order valence-corrected chi connectivity index (χ1v) is 5.69. The van der Waals surface area contributed by atoms with E-state index >= 15 is 0 Å². The molecule has 1 rings (SSSR count). The van der Waals surface area contributed by atoms with E-state index in [4.69, 9.17) is 5.73 Å². The van der Waals surface area contributed by atoms with Crippen molar-refractivity contribution in [1.29, 1.82) is 0 Å². The van der Waals surface area contributed by atoms with Crippen molar-refractivity contribution in [2.45, 2.75) is 44.8 Å². The Labute approximate surface area is 99.8 Å². The van der Waals surface area contributed by atoms with Gasteiger partial charge in [0.1, 0.15) is 0 Å². The molecule has 0 saturated heterocycles. The molecule has 0 bridgehead atoms. The van der Waals surface area contributed by atoms with Crippen LogP contribution in [0.5, 0.6) is 0 Å². The van der Waals surface area contributed by atoms with Crippen LogP contribution < -0.4 is 5.73 Å². The Kier molecular flexibility index (Phi) is 4.20. The van der Waals surface area contributed by atoms with Crippen LogP contribution in [0.2, 0.25) is 0 Å². The van der Waals surface area contributed by atoms with E-state index in [-0.39, 0.29) is 5.54 Å². The minimum absolute atomic E-state index is 0.353. The summed E-state index contributed by atoms with van der Waals surface area (Å²) >= 11 is 0. The molecule has 0 amide bonds. The van der Waals surface area contributed by atoms with Gasteiger partial charge in [-0.25, -0.2) is 0 Å². The van der Waals surface area contributed by atoms with Crippen molar-refractivity contribution in [3.8, 4) is 0 Å². The van der Waals surface area contributed by atoms with Crippen LogP contribution in [0.25, 0.3) is 0 Å². The summed E-state index contributed by atoms with van der Waals surface area (Å²) in [6.07, 6.45) is -1.85. The molecule has 1 aromatic carbocycles. The summed E-state index contributed by atoms with van der Waals surface area (Å²) < 4.78 is 37.1. The Balaban J connectivity index is 2.75. The summed E-state index contributed by atoms with van der Waals surface area (Å²) in [6.45, 7) is 3.96. The van der Waals surface area contributed by atoms with Crippen LogP contribution in [0.4, 0.5) is 13.2 Å². The van der Waals surface area contributed by atoms with Crippen LogP contribution >= 0.6 is 0 Å². The van der Waals surface area contributed by atoms with Crippen molar-refractivity contribution in [2.24, 2.45) is 5.73 Å². The SMILES string of the molecule is CCCC(C)(N)Cc1ccc(C(F)(F)F)cc1. The van der Waals surface area contributed by atoms with Crippen molar-refractivity contribution in [1.82, 2.24) is 0 Å². The van der Waals surface area contributed by atoms with E-state index in [9.17, 15) is 13.2 Å². The standard InChI is InChI=1S/C13H18F3N/c1-3-8-12(2,17)9-10-4-6-11(7-5-10)13(14,15)16/h4-7H,3,8-9,17H2,1-2H3. The van der Waals surface area contributed by atoms with Gasteiger partial charge in [0, 0.05) is 5.54 Å². The molecule has 0 aromatic heterocycles. The smallest absolute Gasteiger partial charge is 0.325 e. The lowest BCUT2D eigenvalue weighted by atomic mass is 9.89. The van der Waals surface area contributed by atoms with E-state index in [1.807, 2.05) is 13.8 Å². The Hall–Kier alpha value is -1.03. The number of hydrogen-bond donors (Lipinski definition) is 1. The zero-order valence-corrected chi connectivity index (χ0v) is 10.1. The van der Waals surface area contributed by atoms with Gasteiger partial charge in [0.25, 0.3) is 0 Å². The predicted molar refractivity (Wildman–Crippen MR) is 62.6 cm³/mol. The van der Waals surface area contributed by atoms with Crippen LogP contribution in [0.15, 0.2) is 24.3 Å². The maximum atomic E-state index is 12.4. The van der Waals surface area contributed by atoms with Gasteiger partial charge in [-0.15, -0.1) is 0 Å². The zero-order valence-electron chi connectivity index (χ0n) is 10.1. The lowest BCUT2D eigenvalue weighted by molar-refractivity contribution is -0.137. The highest BCUT2D eigenvalue weighted by Gasteiger charge is 2.30. The van der Waals surface area contributed by atoms with E-state index in [0.717, 1.165) is 30.5 Å². The number of halogens is 3. The van der Waals surface area contributed by atoms with Gasteiger partial charge < -0.3 is 5.73 Å². The second kappa shape index (κ2) is 5.08. The van der Waals surface area contributed by atoms with E-state index in [1.54, 1.807) is 0 Å². The molecule has 1 nitrogen and oxygen atoms in total. The number of benzene rings is 1. The van der Waals surface area contributed by atoms with Crippen LogP contribution in [0, 0.1) is 0 Å². The maximum Gasteiger partial charge on any atom is 0.416 e. The molecule has 2 N–H and O–H groups in total. The second-order valence-electron chi connectivity index (χ2n) is 4.78. The predicted octanol–water partition coefficient (Wildman–Crippen LogP) is 3.77. The van der Waals surface area contributed by atoms with Crippen molar-refractivity contribution in [3.05, 3.63) is 35.4 Å². The highest BCUT2D eigenvalue weighted by molar-refractivity contribution is 5.25. The first-order chi connectivity index (χ1) is 7.74. The van der Waals surface area contributed by atoms with Crippen LogP contribution in [-0.2, 0) is 12.6 Å². The van der Waals surface area contributed by atoms with Gasteiger partial charge in [-0.05, 0) is 37.5 Å². The van der Waals surface area contributed by atoms with Gasteiger partial charge in [0.15, 0.2) is 0 Å². The van der Waals surface area contributed by atoms with Crippen molar-refractivity contribution in [3.63, 3.8) is 0 Å². The first-order valence-electron chi connectivity index (χ1n) is 5.69. The van der Waals surface area contributed by atoms with Crippen LogP contribution in [0.3, 0.4) is 0 Å². The Morgan fingerprint density at radius 1 is 1.12 bits per heavy atom. The van der Waals surface area contributed by atoms with Gasteiger partial charge in [-0.3, -0.25) is 0 Å². The molecule has 1 unspecified atom stereocenters. The molecule has 0 aliphatic heterocycles. The average molecular weight is 245 g/mol. The summed E-state index contributed by atoms with van der Waals surface area (Å²) in [5, 5.41) is 0. The van der Waals surface area contributed by atoms with Gasteiger partial charge in [-0.1, -0.05) is 25.5 Å². The van der Waals surface area contributed by atoms with Gasteiger partial charge in [0.05, 0.1) is 5.56 Å². The quantitative estimate of drug-likeness (QED) is 0.858. The summed E-state index contributed by atoms with van der Waals surface area (Å²) in [4.78, 5) is 0. The second-order valence-corrected chi connectivity index (χ2v) is 4.78. The fraction of sp³-hybridized carbons (Fsp3) is 0.538. The molecule has 17 heavy (non-hydrogen) atoms. The molecular weight excluding hydrogens is 227 g/mol. The molecule has 0 aliphatic carbocycles. The third-order valence-corrected chi connectivity index (χ3v) is 2.71. The molecule has 0 heterocycles. The molecule has 0 aliphatic rings. The first kappa shape index (κ1) is 14.0. The maximum absolute atomic E-state index is 12.4. The van der Waals surface area contributed by atoms with Gasteiger partial charge in [0.2, 0.25) is 0 Å². The minimum Gasteiger partial charge on any atom is -0.325 e. The van der Waals surface area contributed by atoms with E-state index in [1.165, 1.54) is 12.1 Å². The van der Waals surface area contributed by atoms with Crippen LogP contribution in [0.1, 0.15) is 37.8 Å². The van der Waals surface area contributed by atoms with Crippen molar-refractivity contribution in [2.75, 3.05) is 0 Å². The minimum atomic E-state index is -4.27. The van der Waals surface area contributed by atoms with Gasteiger partial charge >= 0.3 is 6.18 Å². The molecule has 1 aromatic rings. The molecule has 4 heteroatoms. The largest absolute Gasteiger partial charge is 0.416 e. The van der Waals surface area contributed by atoms with Gasteiger partial charge in [-0.2, -0.15) is 13.2 Å². The molecule has 0 saturated carbocycles. The number of rotatable bonds is 4. The number of nitrogens with two attached hydrogens (primary N) is 1. The van der Waals surface area contributed by atoms with E-state index < -0.39 is 11.7 Å². The van der Waals surface area contributed by atoms with E-state index in [0.29, 0.717) is 6.42 Å². The third-order valence-electron chi connectivity index (χ3n) is 2.71. The van der Waals surface area contributed by atoms with E-state index in [2.05, 4.69) is 0 Å². The molecule has 1 atom stereocenters. The highest BCUT2D eigenvalue weighted by atomic mass is 19.4. The fourth-order valence-electron chi connectivity index (χ4n) is 1.94. The molecule has 0 spiro atoms. The molecular formula is C13H18F3N. The van der Waals surface area contributed by atoms with Crippen LogP contribution in [-0.4, -0.2) is 5.54 Å². The Morgan fingerprint density at radius 2 is 1.65 bits per heavy atom. The number of alkyl halides is 3. The Morgan fingerprint density at radius 3 is 2.06 bits per heavy atom. The van der Waals surface area contributed by atoms with Crippen molar-refractivity contribution >= 4 is 0 Å². The lowest BCUT2D eigenvalue weighted by Crippen LogP contribution is -2.38. The third kappa shape index (κ3) is 4.38. The summed E-state index contributed by atoms with van der Waals surface area (Å²) in [5.74, 6) is 0. The Bertz CT molecular complexity index is 352. The average Bonchev–Trinajstić information content (AvgIpc) is 2.16. The number of hydrogen-bond acceptors (Lipinski definition) is 1. The molecule has 0 radical (unpaired) electrons. The fourth-order valence-corrected chi connectivity index (χ4v) is 1.94.